The molecule has 4 aliphatic carbocycles. The first-order valence-corrected chi connectivity index (χ1v) is 12.4. The molecule has 3 fully saturated rings. The standard InChI is InChI=1S/C29H36O/c1-28-15-13-23(30)18-22(28)9-10-24-26-12-11-25(29(26,2)16-14-27(24)28)21-8-7-19-5-3-4-6-20(19)17-21/h3-8,11,17,22-24,26-27,30H,9-10,12-16,18H2,1-2H3/t22-,23+,24-,26-,27-,28-,29+/m0/s1. The van der Waals surface area contributed by atoms with Crippen molar-refractivity contribution in [1.29, 1.82) is 0 Å². The van der Waals surface area contributed by atoms with Gasteiger partial charge in [-0.2, -0.15) is 0 Å². The summed E-state index contributed by atoms with van der Waals surface area (Å²) in [5, 5.41) is 13.0. The number of fused-ring (bicyclic) bond motifs is 6. The van der Waals surface area contributed by atoms with Crippen LogP contribution in [0.25, 0.3) is 16.3 Å². The molecule has 0 unspecified atom stereocenters. The number of rotatable bonds is 1. The highest BCUT2D eigenvalue weighted by molar-refractivity contribution is 5.87. The Hall–Kier alpha value is -1.60. The van der Waals surface area contributed by atoms with E-state index in [4.69, 9.17) is 0 Å². The first-order chi connectivity index (χ1) is 14.5. The fourth-order valence-corrected chi connectivity index (χ4v) is 8.61. The van der Waals surface area contributed by atoms with Crippen LogP contribution in [0.4, 0.5) is 0 Å². The van der Waals surface area contributed by atoms with Crippen molar-refractivity contribution in [3.8, 4) is 0 Å². The van der Waals surface area contributed by atoms with Gasteiger partial charge in [0.25, 0.3) is 0 Å². The smallest absolute Gasteiger partial charge is 0.0543 e. The molecule has 0 aromatic heterocycles. The summed E-state index contributed by atoms with van der Waals surface area (Å²) in [5.41, 5.74) is 3.89. The zero-order valence-electron chi connectivity index (χ0n) is 18.6. The van der Waals surface area contributed by atoms with Gasteiger partial charge in [0.2, 0.25) is 0 Å². The van der Waals surface area contributed by atoms with Crippen LogP contribution >= 0.6 is 0 Å². The summed E-state index contributed by atoms with van der Waals surface area (Å²) in [6.45, 7) is 5.18. The van der Waals surface area contributed by atoms with E-state index in [-0.39, 0.29) is 6.10 Å². The molecule has 158 valence electrons. The molecule has 7 atom stereocenters. The molecular formula is C29H36O. The number of hydrogen-bond donors (Lipinski definition) is 1. The Bertz CT molecular complexity index is 1000. The number of aliphatic hydroxyl groups is 1. The first-order valence-electron chi connectivity index (χ1n) is 12.4. The molecule has 6 rings (SSSR count). The average Bonchev–Trinajstić information content (AvgIpc) is 3.11. The van der Waals surface area contributed by atoms with Gasteiger partial charge in [-0.1, -0.05) is 56.3 Å². The summed E-state index contributed by atoms with van der Waals surface area (Å²) in [6.07, 6.45) is 12.6. The normalized spacial score (nSPS) is 42.9. The third-order valence-corrected chi connectivity index (χ3v) is 10.3. The summed E-state index contributed by atoms with van der Waals surface area (Å²) < 4.78 is 0. The fraction of sp³-hybridized carbons (Fsp3) is 0.586. The molecule has 0 spiro atoms. The lowest BCUT2D eigenvalue weighted by Gasteiger charge is -2.60. The molecule has 0 aliphatic heterocycles. The van der Waals surface area contributed by atoms with Gasteiger partial charge in [-0.3, -0.25) is 0 Å². The highest BCUT2D eigenvalue weighted by Crippen LogP contribution is 2.67. The second-order valence-corrected chi connectivity index (χ2v) is 11.5. The van der Waals surface area contributed by atoms with Crippen molar-refractivity contribution in [2.24, 2.45) is 34.5 Å². The molecule has 4 aliphatic rings. The van der Waals surface area contributed by atoms with Crippen molar-refractivity contribution >= 4 is 16.3 Å². The second-order valence-electron chi connectivity index (χ2n) is 11.5. The Kier molecular flexibility index (Phi) is 4.27. The van der Waals surface area contributed by atoms with Crippen molar-refractivity contribution in [3.63, 3.8) is 0 Å². The van der Waals surface area contributed by atoms with Gasteiger partial charge in [0, 0.05) is 0 Å². The van der Waals surface area contributed by atoms with Gasteiger partial charge in [0.05, 0.1) is 6.10 Å². The van der Waals surface area contributed by atoms with Gasteiger partial charge in [0.1, 0.15) is 0 Å². The minimum Gasteiger partial charge on any atom is -0.393 e. The summed E-state index contributed by atoms with van der Waals surface area (Å²) >= 11 is 0. The quantitative estimate of drug-likeness (QED) is 0.535. The molecule has 0 saturated heterocycles. The lowest BCUT2D eigenvalue weighted by Crippen LogP contribution is -2.53. The average molecular weight is 401 g/mol. The molecule has 1 nitrogen and oxygen atoms in total. The predicted octanol–water partition coefficient (Wildman–Crippen LogP) is 7.24. The molecule has 0 bridgehead atoms. The monoisotopic (exact) mass is 400 g/mol. The second kappa shape index (κ2) is 6.70. The molecule has 0 amide bonds. The van der Waals surface area contributed by atoms with Crippen LogP contribution in [-0.4, -0.2) is 11.2 Å². The highest BCUT2D eigenvalue weighted by Gasteiger charge is 2.58. The van der Waals surface area contributed by atoms with Gasteiger partial charge in [-0.15, -0.1) is 0 Å². The Morgan fingerprint density at radius 2 is 1.70 bits per heavy atom. The number of hydrogen-bond acceptors (Lipinski definition) is 1. The van der Waals surface area contributed by atoms with E-state index in [1.54, 1.807) is 5.57 Å². The first kappa shape index (κ1) is 19.1. The number of benzene rings is 2. The van der Waals surface area contributed by atoms with E-state index < -0.39 is 0 Å². The topological polar surface area (TPSA) is 20.2 Å². The Balaban J connectivity index is 1.32. The van der Waals surface area contributed by atoms with E-state index in [1.165, 1.54) is 54.9 Å². The van der Waals surface area contributed by atoms with Gasteiger partial charge in [-0.25, -0.2) is 0 Å². The molecule has 30 heavy (non-hydrogen) atoms. The fourth-order valence-electron chi connectivity index (χ4n) is 8.61. The maximum absolute atomic E-state index is 10.3. The zero-order valence-corrected chi connectivity index (χ0v) is 18.6. The van der Waals surface area contributed by atoms with Crippen molar-refractivity contribution < 1.29 is 5.11 Å². The zero-order chi connectivity index (χ0) is 20.5. The van der Waals surface area contributed by atoms with Crippen LogP contribution in [0.3, 0.4) is 0 Å². The third kappa shape index (κ3) is 2.63. The molecule has 0 radical (unpaired) electrons. The molecule has 2 aromatic carbocycles. The van der Waals surface area contributed by atoms with Crippen molar-refractivity contribution in [1.82, 2.24) is 0 Å². The van der Waals surface area contributed by atoms with Crippen LogP contribution in [0.1, 0.15) is 70.8 Å². The van der Waals surface area contributed by atoms with Crippen LogP contribution in [-0.2, 0) is 0 Å². The SMILES string of the molecule is C[C@]12CC[C@@H](O)C[C@@H]1CC[C@@H]1[C@@H]2CC[C@]2(C)C(c3ccc4ccccc4c3)=CC[C@@H]12. The maximum atomic E-state index is 10.3. The summed E-state index contributed by atoms with van der Waals surface area (Å²) in [6, 6.07) is 15.9. The highest BCUT2D eigenvalue weighted by atomic mass is 16.3. The largest absolute Gasteiger partial charge is 0.393 e. The Morgan fingerprint density at radius 1 is 0.867 bits per heavy atom. The van der Waals surface area contributed by atoms with E-state index in [1.807, 2.05) is 0 Å². The molecular weight excluding hydrogens is 364 g/mol. The Labute approximate surface area is 181 Å². The van der Waals surface area contributed by atoms with E-state index in [2.05, 4.69) is 62.4 Å². The Morgan fingerprint density at radius 3 is 2.57 bits per heavy atom. The van der Waals surface area contributed by atoms with Crippen LogP contribution in [0.2, 0.25) is 0 Å². The molecule has 1 heteroatoms. The van der Waals surface area contributed by atoms with E-state index in [9.17, 15) is 5.11 Å². The van der Waals surface area contributed by atoms with Gasteiger partial charge in [-0.05, 0) is 114 Å². The molecule has 1 N–H and O–H groups in total. The number of aliphatic hydroxyl groups excluding tert-OH is 1. The summed E-state index contributed by atoms with van der Waals surface area (Å²) in [7, 11) is 0. The molecule has 3 saturated carbocycles. The van der Waals surface area contributed by atoms with Gasteiger partial charge >= 0.3 is 0 Å². The van der Waals surface area contributed by atoms with Crippen LogP contribution in [0.5, 0.6) is 0 Å². The van der Waals surface area contributed by atoms with Crippen molar-refractivity contribution in [2.45, 2.75) is 71.3 Å². The predicted molar refractivity (Wildman–Crippen MR) is 125 cm³/mol. The van der Waals surface area contributed by atoms with E-state index in [0.29, 0.717) is 10.8 Å². The van der Waals surface area contributed by atoms with Gasteiger partial charge < -0.3 is 5.11 Å². The molecule has 0 heterocycles. The summed E-state index contributed by atoms with van der Waals surface area (Å²) in [4.78, 5) is 0. The van der Waals surface area contributed by atoms with Crippen LogP contribution in [0.15, 0.2) is 48.5 Å². The van der Waals surface area contributed by atoms with Crippen molar-refractivity contribution in [2.75, 3.05) is 0 Å². The minimum absolute atomic E-state index is 0.0406. The van der Waals surface area contributed by atoms with E-state index in [0.717, 1.165) is 36.5 Å². The van der Waals surface area contributed by atoms with Crippen LogP contribution in [0, 0.1) is 34.5 Å². The van der Waals surface area contributed by atoms with Gasteiger partial charge in [0.15, 0.2) is 0 Å². The number of allylic oxidation sites excluding steroid dienone is 2. The van der Waals surface area contributed by atoms with E-state index >= 15 is 0 Å². The maximum Gasteiger partial charge on any atom is 0.0543 e. The third-order valence-electron chi connectivity index (χ3n) is 10.3. The lowest BCUT2D eigenvalue weighted by molar-refractivity contribution is -0.115. The molecule has 2 aromatic rings. The summed E-state index contributed by atoms with van der Waals surface area (Å²) in [5.74, 6) is 3.30. The minimum atomic E-state index is -0.0406. The van der Waals surface area contributed by atoms with Crippen molar-refractivity contribution in [3.05, 3.63) is 54.1 Å². The van der Waals surface area contributed by atoms with Crippen LogP contribution < -0.4 is 0 Å². The lowest BCUT2D eigenvalue weighted by atomic mass is 9.44.